The van der Waals surface area contributed by atoms with Crippen LogP contribution in [0.4, 0.5) is 4.39 Å². The van der Waals surface area contributed by atoms with E-state index in [1.807, 2.05) is 0 Å². The van der Waals surface area contributed by atoms with Crippen molar-refractivity contribution in [3.8, 4) is 16.9 Å². The van der Waals surface area contributed by atoms with Gasteiger partial charge in [-0.25, -0.2) is 13.9 Å². The normalized spacial score (nSPS) is 15.6. The highest BCUT2D eigenvalue weighted by molar-refractivity contribution is 5.95. The van der Waals surface area contributed by atoms with Crippen molar-refractivity contribution in [2.24, 2.45) is 0 Å². The second-order valence-corrected chi connectivity index (χ2v) is 5.94. The third kappa shape index (κ3) is 3.23. The van der Waals surface area contributed by atoms with Gasteiger partial charge in [-0.05, 0) is 36.7 Å². The van der Waals surface area contributed by atoms with Gasteiger partial charge in [0.25, 0.3) is 0 Å². The predicted molar refractivity (Wildman–Crippen MR) is 94.5 cm³/mol. The molecule has 7 heteroatoms. The van der Waals surface area contributed by atoms with Crippen molar-refractivity contribution >= 4 is 11.4 Å². The van der Waals surface area contributed by atoms with Gasteiger partial charge < -0.3 is 10.1 Å². The minimum Gasteiger partial charge on any atom is -0.492 e. The lowest BCUT2D eigenvalue weighted by atomic mass is 10.1. The summed E-state index contributed by atoms with van der Waals surface area (Å²) in [5.41, 5.74) is 2.20. The largest absolute Gasteiger partial charge is 0.492 e. The van der Waals surface area contributed by atoms with Crippen molar-refractivity contribution in [3.05, 3.63) is 48.2 Å². The van der Waals surface area contributed by atoms with E-state index in [1.54, 1.807) is 29.0 Å². The highest BCUT2D eigenvalue weighted by atomic mass is 19.1. The zero-order valence-corrected chi connectivity index (χ0v) is 13.5. The minimum atomic E-state index is -0.392. The molecule has 6 nitrogen and oxygen atoms in total. The molecule has 0 amide bonds. The molecule has 3 aromatic rings. The highest BCUT2D eigenvalue weighted by Crippen LogP contribution is 2.28. The van der Waals surface area contributed by atoms with E-state index in [9.17, 15) is 9.18 Å². The van der Waals surface area contributed by atoms with Crippen LogP contribution < -0.4 is 10.1 Å². The zero-order valence-electron chi connectivity index (χ0n) is 13.5. The van der Waals surface area contributed by atoms with Crippen LogP contribution in [0.1, 0.15) is 26.2 Å². The average molecular weight is 344 g/mol. The summed E-state index contributed by atoms with van der Waals surface area (Å²) in [6.07, 6.45) is 4.46. The number of hydrogen-bond donors (Lipinski definition) is 1. The standard InChI is InChI=1S/C18H17FN4O2.2H2/c19-13-8-12-9-14(10-13)25-7-5-20-4-1-2-17(24)16-3-6-23-18(22-16)15(12)11-21-23;;/h3,6,8-11,20H,1-2,4-5,7H2;2*1H. The molecule has 2 aromatic heterocycles. The molecule has 1 N–H and O–H groups in total. The van der Waals surface area contributed by atoms with E-state index in [0.717, 1.165) is 6.42 Å². The summed E-state index contributed by atoms with van der Waals surface area (Å²) in [6.45, 7) is 1.76. The summed E-state index contributed by atoms with van der Waals surface area (Å²) in [4.78, 5) is 16.8. The first kappa shape index (κ1) is 15.7. The van der Waals surface area contributed by atoms with Crippen LogP contribution in [0, 0.1) is 5.82 Å². The number of nitrogens with zero attached hydrogens (tertiary/aromatic N) is 3. The number of ketones is 1. The van der Waals surface area contributed by atoms with E-state index >= 15 is 0 Å². The summed E-state index contributed by atoms with van der Waals surface area (Å²) in [6, 6.07) is 6.19. The molecular weight excluding hydrogens is 323 g/mol. The van der Waals surface area contributed by atoms with Crippen LogP contribution in [-0.4, -0.2) is 40.1 Å². The third-order valence-corrected chi connectivity index (χ3v) is 4.14. The quantitative estimate of drug-likeness (QED) is 0.679. The molecule has 0 unspecified atom stereocenters. The van der Waals surface area contributed by atoms with Gasteiger partial charge >= 0.3 is 0 Å². The Labute approximate surface area is 146 Å². The van der Waals surface area contributed by atoms with E-state index in [4.69, 9.17) is 4.74 Å². The number of ether oxygens (including phenoxy) is 1. The number of carbonyl (C=O) groups is 1. The number of nitrogens with one attached hydrogen (secondary N) is 1. The topological polar surface area (TPSA) is 68.5 Å². The molecule has 132 valence electrons. The molecule has 0 radical (unpaired) electrons. The third-order valence-electron chi connectivity index (χ3n) is 4.14. The van der Waals surface area contributed by atoms with Gasteiger partial charge in [0.05, 0.1) is 6.20 Å². The summed E-state index contributed by atoms with van der Waals surface area (Å²) < 4.78 is 21.2. The second-order valence-electron chi connectivity index (χ2n) is 5.94. The van der Waals surface area contributed by atoms with Gasteiger partial charge in [-0.15, -0.1) is 0 Å². The lowest BCUT2D eigenvalue weighted by molar-refractivity contribution is 0.0975. The molecule has 1 aliphatic heterocycles. The lowest BCUT2D eigenvalue weighted by Crippen LogP contribution is -2.22. The van der Waals surface area contributed by atoms with Crippen molar-refractivity contribution in [1.29, 1.82) is 0 Å². The first-order valence-corrected chi connectivity index (χ1v) is 8.23. The number of rotatable bonds is 0. The maximum absolute atomic E-state index is 14.0. The zero-order chi connectivity index (χ0) is 17.2. The van der Waals surface area contributed by atoms with Crippen LogP contribution in [0.25, 0.3) is 16.8 Å². The molecular formula is C18H21FN4O2. The molecule has 4 rings (SSSR count). The summed E-state index contributed by atoms with van der Waals surface area (Å²) >= 11 is 0. The number of hydrogen-bond acceptors (Lipinski definition) is 5. The fraction of sp³-hybridized carbons (Fsp3) is 0.278. The smallest absolute Gasteiger partial charge is 0.181 e. The monoisotopic (exact) mass is 344 g/mol. The first-order valence-electron chi connectivity index (χ1n) is 8.23. The van der Waals surface area contributed by atoms with Crippen LogP contribution in [-0.2, 0) is 0 Å². The van der Waals surface area contributed by atoms with Crippen molar-refractivity contribution in [1.82, 2.24) is 19.9 Å². The van der Waals surface area contributed by atoms with E-state index in [-0.39, 0.29) is 8.64 Å². The Kier molecular flexibility index (Phi) is 4.15. The van der Waals surface area contributed by atoms with Gasteiger partial charge in [0.1, 0.15) is 23.9 Å². The average Bonchev–Trinajstić information content (AvgIpc) is 3.02. The molecule has 0 saturated heterocycles. The minimum absolute atomic E-state index is 0. The van der Waals surface area contributed by atoms with E-state index in [0.29, 0.717) is 54.3 Å². The van der Waals surface area contributed by atoms with Gasteiger partial charge in [-0.3, -0.25) is 4.79 Å². The summed E-state index contributed by atoms with van der Waals surface area (Å²) in [5.74, 6) is 0.0529. The number of benzene rings is 1. The maximum atomic E-state index is 14.0. The van der Waals surface area contributed by atoms with Crippen LogP contribution in [0.2, 0.25) is 0 Å². The van der Waals surface area contributed by atoms with Crippen molar-refractivity contribution in [2.45, 2.75) is 12.8 Å². The first-order chi connectivity index (χ1) is 12.2. The van der Waals surface area contributed by atoms with Crippen molar-refractivity contribution < 1.29 is 16.8 Å². The van der Waals surface area contributed by atoms with Crippen molar-refractivity contribution in [3.63, 3.8) is 0 Å². The van der Waals surface area contributed by atoms with Crippen LogP contribution >= 0.6 is 0 Å². The summed E-state index contributed by atoms with van der Waals surface area (Å²) in [5, 5.41) is 7.46. The van der Waals surface area contributed by atoms with E-state index in [2.05, 4.69) is 15.4 Å². The Balaban J connectivity index is 0.00000131. The second kappa shape index (κ2) is 6.60. The molecule has 0 spiro atoms. The van der Waals surface area contributed by atoms with Gasteiger partial charge in [0.15, 0.2) is 11.4 Å². The van der Waals surface area contributed by atoms with Gasteiger partial charge in [-0.2, -0.15) is 5.10 Å². The predicted octanol–water partition coefficient (Wildman–Crippen LogP) is 2.97. The molecule has 0 aliphatic carbocycles. The number of halogens is 1. The van der Waals surface area contributed by atoms with Crippen LogP contribution in [0.5, 0.6) is 5.75 Å². The van der Waals surface area contributed by atoms with E-state index in [1.165, 1.54) is 12.1 Å². The van der Waals surface area contributed by atoms with Gasteiger partial charge in [0, 0.05) is 33.6 Å². The van der Waals surface area contributed by atoms with Crippen LogP contribution in [0.3, 0.4) is 0 Å². The van der Waals surface area contributed by atoms with Crippen LogP contribution in [0.15, 0.2) is 36.7 Å². The Morgan fingerprint density at radius 2 is 2.20 bits per heavy atom. The Hall–Kier alpha value is -2.80. The molecule has 0 saturated carbocycles. The fourth-order valence-corrected chi connectivity index (χ4v) is 2.90. The van der Waals surface area contributed by atoms with E-state index < -0.39 is 5.82 Å². The molecule has 0 fully saturated rings. The lowest BCUT2D eigenvalue weighted by Gasteiger charge is -2.09. The molecule has 1 aliphatic rings. The molecule has 25 heavy (non-hydrogen) atoms. The molecule has 1 aromatic carbocycles. The fourth-order valence-electron chi connectivity index (χ4n) is 2.90. The highest BCUT2D eigenvalue weighted by Gasteiger charge is 2.14. The Morgan fingerprint density at radius 1 is 1.28 bits per heavy atom. The molecule has 0 atom stereocenters. The number of aromatic nitrogens is 3. The SMILES string of the molecule is O=C1CCCNCCOc2cc(F)cc(c2)-c2cnn3ccc1nc23.[HH].[HH]. The summed E-state index contributed by atoms with van der Waals surface area (Å²) in [7, 11) is 0. The van der Waals surface area contributed by atoms with Gasteiger partial charge in [-0.1, -0.05) is 0 Å². The van der Waals surface area contributed by atoms with Crippen molar-refractivity contribution in [2.75, 3.05) is 19.7 Å². The Morgan fingerprint density at radius 3 is 3.12 bits per heavy atom. The number of Topliss-reactive ketones (excluding diaryl/α,β-unsaturated/α-hetero) is 1. The molecule has 4 bridgehead atoms. The number of carbonyl (C=O) groups excluding carboxylic acids is 1. The molecule has 3 heterocycles. The van der Waals surface area contributed by atoms with Gasteiger partial charge in [0.2, 0.25) is 0 Å². The Bertz CT molecular complexity index is 948. The maximum Gasteiger partial charge on any atom is 0.181 e. The number of fused-ring (bicyclic) bond motifs is 4.